The molecule has 0 heterocycles. The Labute approximate surface area is 229 Å². The number of aliphatic carboxylic acids is 1. The summed E-state index contributed by atoms with van der Waals surface area (Å²) in [6.07, 6.45) is 9.01. The number of methoxy groups -OCH3 is 1. The number of rotatable bonds is 11. The standard InChI is InChI=1S/C32H35ClO5/c1-21(2)9-7-10-22(3)15-16-25-18-27(31(35)36)32(37,20-30(25)38-4)19-29(34)24-12-8-11-23(17-24)26-13-5-6-14-28(26)33/h5-6,8-9,11-15,17-18,20,27,37H,7,10,16,19H2,1-4H3,(H,35,36)/b22-15+. The number of carboxylic acids is 1. The van der Waals surface area contributed by atoms with Crippen LogP contribution in [0.2, 0.25) is 5.02 Å². The molecule has 0 fully saturated rings. The van der Waals surface area contributed by atoms with E-state index < -0.39 is 23.9 Å². The summed E-state index contributed by atoms with van der Waals surface area (Å²) in [5, 5.41) is 22.0. The molecule has 6 heteroatoms. The Morgan fingerprint density at radius 2 is 1.82 bits per heavy atom. The van der Waals surface area contributed by atoms with Crippen LogP contribution in [0.4, 0.5) is 0 Å². The Kier molecular flexibility index (Phi) is 9.90. The quantitative estimate of drug-likeness (QED) is 0.229. The number of allylic oxidation sites excluding steroid dienone is 5. The van der Waals surface area contributed by atoms with Crippen molar-refractivity contribution in [3.8, 4) is 11.1 Å². The lowest BCUT2D eigenvalue weighted by molar-refractivity contribution is -0.146. The van der Waals surface area contributed by atoms with E-state index in [4.69, 9.17) is 16.3 Å². The molecule has 0 aromatic heterocycles. The second-order valence-electron chi connectivity index (χ2n) is 9.95. The van der Waals surface area contributed by atoms with Crippen molar-refractivity contribution in [3.05, 3.63) is 106 Å². The fourth-order valence-corrected chi connectivity index (χ4v) is 4.78. The summed E-state index contributed by atoms with van der Waals surface area (Å²) in [6.45, 7) is 6.17. The highest BCUT2D eigenvalue weighted by Crippen LogP contribution is 2.37. The van der Waals surface area contributed by atoms with Gasteiger partial charge < -0.3 is 14.9 Å². The molecule has 2 unspecified atom stereocenters. The minimum Gasteiger partial charge on any atom is -0.497 e. The first-order valence-corrected chi connectivity index (χ1v) is 13.0. The van der Waals surface area contributed by atoms with Crippen LogP contribution < -0.4 is 0 Å². The number of carbonyl (C=O) groups is 2. The molecular formula is C32H35ClO5. The summed E-state index contributed by atoms with van der Waals surface area (Å²) in [6, 6.07) is 14.3. The molecular weight excluding hydrogens is 500 g/mol. The van der Waals surface area contributed by atoms with E-state index in [1.54, 1.807) is 24.3 Å². The molecule has 0 saturated heterocycles. The van der Waals surface area contributed by atoms with Gasteiger partial charge in [-0.2, -0.15) is 0 Å². The van der Waals surface area contributed by atoms with E-state index >= 15 is 0 Å². The van der Waals surface area contributed by atoms with Gasteiger partial charge in [-0.05, 0) is 69.4 Å². The average molecular weight is 535 g/mol. The first kappa shape index (κ1) is 29.2. The molecule has 1 aliphatic carbocycles. The molecule has 2 aromatic carbocycles. The molecule has 0 aliphatic heterocycles. The summed E-state index contributed by atoms with van der Waals surface area (Å²) in [7, 11) is 1.47. The zero-order valence-electron chi connectivity index (χ0n) is 22.3. The summed E-state index contributed by atoms with van der Waals surface area (Å²) >= 11 is 6.33. The molecule has 2 atom stereocenters. The first-order chi connectivity index (χ1) is 18.0. The van der Waals surface area contributed by atoms with Crippen molar-refractivity contribution < 1.29 is 24.5 Å². The summed E-state index contributed by atoms with van der Waals surface area (Å²) in [5.74, 6) is -2.52. The fourth-order valence-electron chi connectivity index (χ4n) is 4.53. The number of benzene rings is 2. The SMILES string of the molecule is COC1=CC(O)(CC(=O)c2cccc(-c3ccccc3Cl)c2)C(C(=O)O)C=C1C/C=C(\C)CCC=C(C)C. The second kappa shape index (κ2) is 12.9. The fraction of sp³-hybridized carbons (Fsp3) is 0.312. The number of halogens is 1. The van der Waals surface area contributed by atoms with Crippen molar-refractivity contribution in [3.63, 3.8) is 0 Å². The maximum Gasteiger partial charge on any atom is 0.313 e. The maximum atomic E-state index is 13.3. The Balaban J connectivity index is 1.84. The average Bonchev–Trinajstić information content (AvgIpc) is 2.87. The van der Waals surface area contributed by atoms with Crippen LogP contribution >= 0.6 is 11.6 Å². The van der Waals surface area contributed by atoms with Gasteiger partial charge in [0.05, 0.1) is 7.11 Å². The third-order valence-electron chi connectivity index (χ3n) is 6.66. The number of ether oxygens (including phenoxy) is 1. The number of Topliss-reactive ketones (excluding diaryl/α,β-unsaturated/α-hetero) is 1. The monoisotopic (exact) mass is 534 g/mol. The third-order valence-corrected chi connectivity index (χ3v) is 6.99. The van der Waals surface area contributed by atoms with Crippen molar-refractivity contribution in [2.45, 2.75) is 52.1 Å². The topological polar surface area (TPSA) is 83.8 Å². The van der Waals surface area contributed by atoms with Crippen LogP contribution in [0.3, 0.4) is 0 Å². The van der Waals surface area contributed by atoms with E-state index in [0.717, 1.165) is 24.0 Å². The molecule has 0 saturated carbocycles. The Hall–Kier alpha value is -3.41. The molecule has 2 N–H and O–H groups in total. The first-order valence-electron chi connectivity index (χ1n) is 12.6. The van der Waals surface area contributed by atoms with Crippen LogP contribution in [0.5, 0.6) is 0 Å². The number of hydrogen-bond acceptors (Lipinski definition) is 4. The van der Waals surface area contributed by atoms with Crippen LogP contribution in [0.15, 0.2) is 95.3 Å². The zero-order valence-corrected chi connectivity index (χ0v) is 23.1. The van der Waals surface area contributed by atoms with Gasteiger partial charge in [0, 0.05) is 22.6 Å². The van der Waals surface area contributed by atoms with Gasteiger partial charge in [-0.1, -0.05) is 77.4 Å². The van der Waals surface area contributed by atoms with Gasteiger partial charge in [-0.15, -0.1) is 0 Å². The van der Waals surface area contributed by atoms with Gasteiger partial charge in [0.15, 0.2) is 5.78 Å². The smallest absolute Gasteiger partial charge is 0.313 e. The largest absolute Gasteiger partial charge is 0.497 e. The van der Waals surface area contributed by atoms with E-state index in [9.17, 15) is 19.8 Å². The summed E-state index contributed by atoms with van der Waals surface area (Å²) < 4.78 is 5.52. The molecule has 0 radical (unpaired) electrons. The van der Waals surface area contributed by atoms with E-state index in [1.165, 1.54) is 30.4 Å². The molecule has 200 valence electrons. The summed E-state index contributed by atoms with van der Waals surface area (Å²) in [4.78, 5) is 25.5. The molecule has 38 heavy (non-hydrogen) atoms. The molecule has 0 bridgehead atoms. The number of ketones is 1. The van der Waals surface area contributed by atoms with Gasteiger partial charge in [0.25, 0.3) is 0 Å². The molecule has 1 aliphatic rings. The van der Waals surface area contributed by atoms with Crippen LogP contribution in [-0.2, 0) is 9.53 Å². The van der Waals surface area contributed by atoms with E-state index in [-0.39, 0.29) is 5.78 Å². The van der Waals surface area contributed by atoms with Crippen LogP contribution in [0.1, 0.15) is 56.8 Å². The maximum absolute atomic E-state index is 13.3. The highest BCUT2D eigenvalue weighted by molar-refractivity contribution is 6.33. The van der Waals surface area contributed by atoms with Crippen LogP contribution in [-0.4, -0.2) is 34.7 Å². The normalized spacial score (nSPS) is 19.3. The molecule has 0 amide bonds. The Morgan fingerprint density at radius 1 is 1.08 bits per heavy atom. The highest BCUT2D eigenvalue weighted by Gasteiger charge is 2.44. The number of carboxylic acid groups (broad SMARTS) is 1. The lowest BCUT2D eigenvalue weighted by Gasteiger charge is -2.33. The van der Waals surface area contributed by atoms with Gasteiger partial charge in [0.2, 0.25) is 0 Å². The van der Waals surface area contributed by atoms with E-state index in [0.29, 0.717) is 28.3 Å². The number of carbonyl (C=O) groups excluding carboxylic acids is 1. The predicted octanol–water partition coefficient (Wildman–Crippen LogP) is 7.56. The van der Waals surface area contributed by atoms with Crippen molar-refractivity contribution >= 4 is 23.4 Å². The molecule has 2 aromatic rings. The molecule has 0 spiro atoms. The van der Waals surface area contributed by atoms with Gasteiger partial charge in [-0.25, -0.2) is 0 Å². The minimum atomic E-state index is -1.94. The molecule has 3 rings (SSSR count). The van der Waals surface area contributed by atoms with Gasteiger partial charge in [-0.3, -0.25) is 9.59 Å². The minimum absolute atomic E-state index is 0.358. The van der Waals surface area contributed by atoms with E-state index in [2.05, 4.69) is 19.9 Å². The van der Waals surface area contributed by atoms with Gasteiger partial charge >= 0.3 is 5.97 Å². The second-order valence-corrected chi connectivity index (χ2v) is 10.4. The van der Waals surface area contributed by atoms with Crippen molar-refractivity contribution in [2.75, 3.05) is 7.11 Å². The van der Waals surface area contributed by atoms with E-state index in [1.807, 2.05) is 37.3 Å². The van der Waals surface area contributed by atoms with Crippen molar-refractivity contribution in [2.24, 2.45) is 5.92 Å². The number of aliphatic hydroxyl groups is 1. The number of hydrogen-bond donors (Lipinski definition) is 2. The lowest BCUT2D eigenvalue weighted by atomic mass is 9.76. The Bertz CT molecular complexity index is 1310. The molecule has 5 nitrogen and oxygen atoms in total. The summed E-state index contributed by atoms with van der Waals surface area (Å²) in [5.41, 5.74) is 3.07. The van der Waals surface area contributed by atoms with Crippen molar-refractivity contribution in [1.82, 2.24) is 0 Å². The Morgan fingerprint density at radius 3 is 2.47 bits per heavy atom. The van der Waals surface area contributed by atoms with Crippen LogP contribution in [0, 0.1) is 5.92 Å². The highest BCUT2D eigenvalue weighted by atomic mass is 35.5. The van der Waals surface area contributed by atoms with Gasteiger partial charge in [0.1, 0.15) is 17.3 Å². The third kappa shape index (κ3) is 7.33. The van der Waals surface area contributed by atoms with Crippen LogP contribution in [0.25, 0.3) is 11.1 Å². The zero-order chi connectivity index (χ0) is 27.9. The predicted molar refractivity (Wildman–Crippen MR) is 152 cm³/mol. The van der Waals surface area contributed by atoms with Crippen molar-refractivity contribution in [1.29, 1.82) is 0 Å². The lowest BCUT2D eigenvalue weighted by Crippen LogP contribution is -2.44.